The van der Waals surface area contributed by atoms with Crippen LogP contribution < -0.4 is 0 Å². The van der Waals surface area contributed by atoms with Gasteiger partial charge in [-0.05, 0) is 31.0 Å². The number of aromatic amines is 1. The molecule has 1 aromatic carbocycles. The highest BCUT2D eigenvalue weighted by Crippen LogP contribution is 2.17. The Labute approximate surface area is 121 Å². The van der Waals surface area contributed by atoms with Crippen LogP contribution in [0.1, 0.15) is 29.4 Å². The van der Waals surface area contributed by atoms with Gasteiger partial charge in [0.25, 0.3) is 0 Å². The number of fused-ring (bicyclic) bond motifs is 1. The summed E-state index contributed by atoms with van der Waals surface area (Å²) in [6.07, 6.45) is 0.0224. The summed E-state index contributed by atoms with van der Waals surface area (Å²) in [5.41, 5.74) is 1.62. The van der Waals surface area contributed by atoms with Gasteiger partial charge in [-0.2, -0.15) is 5.10 Å². The van der Waals surface area contributed by atoms with Gasteiger partial charge < -0.3 is 9.47 Å². The van der Waals surface area contributed by atoms with Crippen LogP contribution in [0.15, 0.2) is 18.2 Å². The van der Waals surface area contributed by atoms with Gasteiger partial charge in [-0.25, -0.2) is 4.79 Å². The molecule has 0 unspecified atom stereocenters. The van der Waals surface area contributed by atoms with Crippen LogP contribution >= 0.6 is 0 Å². The molecular formula is C15H14N2O4. The van der Waals surface area contributed by atoms with Crippen LogP contribution in [0.5, 0.6) is 0 Å². The van der Waals surface area contributed by atoms with Crippen LogP contribution in [0, 0.1) is 11.8 Å². The maximum atomic E-state index is 11.4. The minimum atomic E-state index is -0.421. The third-order valence-corrected chi connectivity index (χ3v) is 2.73. The minimum Gasteiger partial charge on any atom is -0.465 e. The Morgan fingerprint density at radius 2 is 2.19 bits per heavy atom. The first-order chi connectivity index (χ1) is 10.2. The topological polar surface area (TPSA) is 81.3 Å². The van der Waals surface area contributed by atoms with Crippen LogP contribution in [-0.4, -0.2) is 35.9 Å². The highest BCUT2D eigenvalue weighted by Gasteiger charge is 2.09. The second-order valence-electron chi connectivity index (χ2n) is 4.11. The van der Waals surface area contributed by atoms with Crippen LogP contribution in [0.3, 0.4) is 0 Å². The molecule has 1 aromatic heterocycles. The fraction of sp³-hybridized carbons (Fsp3) is 0.267. The molecule has 0 amide bonds. The molecule has 1 N–H and O–H groups in total. The Hall–Kier alpha value is -2.81. The zero-order valence-electron chi connectivity index (χ0n) is 11.7. The van der Waals surface area contributed by atoms with Crippen LogP contribution in [0.25, 0.3) is 10.9 Å². The molecule has 0 radical (unpaired) electrons. The SMILES string of the molecule is CCOC(=O)CC#Cc1[nH]nc2cc(C(=O)OC)ccc12. The van der Waals surface area contributed by atoms with E-state index < -0.39 is 5.97 Å². The number of rotatable bonds is 3. The zero-order valence-corrected chi connectivity index (χ0v) is 11.7. The zero-order chi connectivity index (χ0) is 15.2. The summed E-state index contributed by atoms with van der Waals surface area (Å²) in [5, 5.41) is 7.63. The van der Waals surface area contributed by atoms with Crippen molar-refractivity contribution in [3.8, 4) is 11.8 Å². The summed E-state index contributed by atoms with van der Waals surface area (Å²) >= 11 is 0. The fourth-order valence-electron chi connectivity index (χ4n) is 1.77. The molecule has 1 heterocycles. The molecule has 0 aliphatic heterocycles. The third kappa shape index (κ3) is 3.39. The normalized spacial score (nSPS) is 9.81. The Morgan fingerprint density at radius 3 is 2.90 bits per heavy atom. The van der Waals surface area contributed by atoms with Crippen molar-refractivity contribution in [3.05, 3.63) is 29.5 Å². The quantitative estimate of drug-likeness (QED) is 0.685. The number of H-pyrrole nitrogens is 1. The summed E-state index contributed by atoms with van der Waals surface area (Å²) in [6.45, 7) is 2.08. The number of esters is 2. The number of aromatic nitrogens is 2. The summed E-state index contributed by atoms with van der Waals surface area (Å²) in [5.74, 6) is 4.78. The van der Waals surface area contributed by atoms with Crippen molar-refractivity contribution in [1.82, 2.24) is 10.2 Å². The summed E-state index contributed by atoms with van der Waals surface area (Å²) in [6, 6.07) is 4.99. The van der Waals surface area contributed by atoms with Gasteiger partial charge in [0.05, 0.1) is 24.8 Å². The number of carbonyl (C=O) groups excluding carboxylic acids is 2. The third-order valence-electron chi connectivity index (χ3n) is 2.73. The van der Waals surface area contributed by atoms with Gasteiger partial charge >= 0.3 is 11.9 Å². The first kappa shape index (κ1) is 14.6. The van der Waals surface area contributed by atoms with E-state index in [0.29, 0.717) is 23.4 Å². The first-order valence-electron chi connectivity index (χ1n) is 6.36. The summed E-state index contributed by atoms with van der Waals surface area (Å²) in [4.78, 5) is 22.6. The van der Waals surface area contributed by atoms with Gasteiger partial charge in [-0.3, -0.25) is 9.89 Å². The lowest BCUT2D eigenvalue weighted by Crippen LogP contribution is -2.01. The number of hydrogen-bond donors (Lipinski definition) is 1. The molecule has 2 rings (SSSR count). The molecule has 21 heavy (non-hydrogen) atoms. The van der Waals surface area contributed by atoms with Crippen molar-refractivity contribution in [2.24, 2.45) is 0 Å². The van der Waals surface area contributed by atoms with Crippen molar-refractivity contribution in [2.45, 2.75) is 13.3 Å². The minimum absolute atomic E-state index is 0.0224. The lowest BCUT2D eigenvalue weighted by Gasteiger charge is -1.97. The van der Waals surface area contributed by atoms with Crippen molar-refractivity contribution >= 4 is 22.8 Å². The largest absolute Gasteiger partial charge is 0.465 e. The number of hydrogen-bond acceptors (Lipinski definition) is 5. The molecule has 108 valence electrons. The fourth-order valence-corrected chi connectivity index (χ4v) is 1.77. The van der Waals surface area contributed by atoms with Gasteiger partial charge in [0.15, 0.2) is 0 Å². The number of methoxy groups -OCH3 is 1. The molecule has 0 saturated carbocycles. The van der Waals surface area contributed by atoms with E-state index in [1.807, 2.05) is 0 Å². The Kier molecular flexibility index (Phi) is 4.57. The van der Waals surface area contributed by atoms with E-state index in [1.165, 1.54) is 7.11 Å². The molecule has 0 spiro atoms. The average molecular weight is 286 g/mol. The smallest absolute Gasteiger partial charge is 0.337 e. The van der Waals surface area contributed by atoms with Gasteiger partial charge in [0.1, 0.15) is 12.1 Å². The molecule has 0 saturated heterocycles. The van der Waals surface area contributed by atoms with Crippen LogP contribution in [-0.2, 0) is 14.3 Å². The lowest BCUT2D eigenvalue weighted by molar-refractivity contribution is -0.141. The molecule has 6 heteroatoms. The lowest BCUT2D eigenvalue weighted by atomic mass is 10.1. The molecule has 0 fully saturated rings. The van der Waals surface area contributed by atoms with Gasteiger partial charge in [-0.1, -0.05) is 5.92 Å². The Balaban J connectivity index is 2.21. The number of nitrogens with one attached hydrogen (secondary N) is 1. The first-order valence-corrected chi connectivity index (χ1v) is 6.36. The predicted molar refractivity (Wildman–Crippen MR) is 75.6 cm³/mol. The van der Waals surface area contributed by atoms with Gasteiger partial charge in [-0.15, -0.1) is 0 Å². The van der Waals surface area contributed by atoms with Crippen molar-refractivity contribution in [1.29, 1.82) is 0 Å². The molecule has 0 atom stereocenters. The van der Waals surface area contributed by atoms with E-state index in [0.717, 1.165) is 5.39 Å². The van der Waals surface area contributed by atoms with Gasteiger partial charge in [0, 0.05) is 5.39 Å². The van der Waals surface area contributed by atoms with E-state index in [1.54, 1.807) is 25.1 Å². The highest BCUT2D eigenvalue weighted by atomic mass is 16.5. The molecule has 0 aliphatic rings. The van der Waals surface area contributed by atoms with Crippen LogP contribution in [0.2, 0.25) is 0 Å². The predicted octanol–water partition coefficient (Wildman–Crippen LogP) is 1.65. The molecule has 2 aromatic rings. The van der Waals surface area contributed by atoms with Crippen molar-refractivity contribution in [3.63, 3.8) is 0 Å². The summed E-state index contributed by atoms with van der Waals surface area (Å²) in [7, 11) is 1.32. The Morgan fingerprint density at radius 1 is 1.38 bits per heavy atom. The maximum absolute atomic E-state index is 11.4. The van der Waals surface area contributed by atoms with Crippen molar-refractivity contribution in [2.75, 3.05) is 13.7 Å². The molecule has 0 aliphatic carbocycles. The second-order valence-corrected chi connectivity index (χ2v) is 4.11. The average Bonchev–Trinajstić information content (AvgIpc) is 2.89. The number of ether oxygens (including phenoxy) is 2. The van der Waals surface area contributed by atoms with E-state index in [4.69, 9.17) is 4.74 Å². The van der Waals surface area contributed by atoms with E-state index in [-0.39, 0.29) is 12.4 Å². The number of carbonyl (C=O) groups is 2. The molecule has 6 nitrogen and oxygen atoms in total. The van der Waals surface area contributed by atoms with E-state index in [2.05, 4.69) is 26.8 Å². The maximum Gasteiger partial charge on any atom is 0.337 e. The highest BCUT2D eigenvalue weighted by molar-refractivity contribution is 5.95. The Bertz CT molecular complexity index is 737. The standard InChI is InChI=1S/C15H14N2O4/c1-3-21-14(18)6-4-5-12-11-8-7-10(15(19)20-2)9-13(11)17-16-12/h7-9H,3,6H2,1-2H3,(H,16,17). The number of benzene rings is 1. The van der Waals surface area contributed by atoms with Crippen molar-refractivity contribution < 1.29 is 19.1 Å². The molecular weight excluding hydrogens is 272 g/mol. The monoisotopic (exact) mass is 286 g/mol. The second kappa shape index (κ2) is 6.57. The van der Waals surface area contributed by atoms with E-state index >= 15 is 0 Å². The number of nitrogens with zero attached hydrogens (tertiary/aromatic N) is 1. The van der Waals surface area contributed by atoms with Crippen LogP contribution in [0.4, 0.5) is 0 Å². The summed E-state index contributed by atoms with van der Waals surface area (Å²) < 4.78 is 9.43. The van der Waals surface area contributed by atoms with E-state index in [9.17, 15) is 9.59 Å². The molecule has 0 bridgehead atoms. The van der Waals surface area contributed by atoms with Gasteiger partial charge in [0.2, 0.25) is 0 Å².